The van der Waals surface area contributed by atoms with Crippen molar-refractivity contribution in [1.82, 2.24) is 15.1 Å². The number of Topliss-reactive ketones (excluding diaryl/α,β-unsaturated/α-hetero) is 1. The number of carbonyl (C=O) groups excluding carboxylic acids is 6. The molecule has 16 nitrogen and oxygen atoms in total. The van der Waals surface area contributed by atoms with Gasteiger partial charge in [-0.15, -0.1) is 11.3 Å². The van der Waals surface area contributed by atoms with Crippen molar-refractivity contribution < 1.29 is 71.1 Å². The van der Waals surface area contributed by atoms with Crippen molar-refractivity contribution >= 4 is 63.3 Å². The molecule has 0 bridgehead atoms. The van der Waals surface area contributed by atoms with Crippen LogP contribution in [-0.4, -0.2) is 104 Å². The maximum atomic E-state index is 15.8. The number of hydrogen-bond acceptors (Lipinski definition) is 13. The molecule has 0 atom stereocenters. The van der Waals surface area contributed by atoms with E-state index < -0.39 is 53.6 Å². The Labute approximate surface area is 342 Å². The summed E-state index contributed by atoms with van der Waals surface area (Å²) in [5, 5.41) is 11.4. The zero-order chi connectivity index (χ0) is 43.2. The number of ketones is 1. The van der Waals surface area contributed by atoms with Crippen molar-refractivity contribution in [2.24, 2.45) is 5.92 Å². The van der Waals surface area contributed by atoms with Gasteiger partial charge in [-0.25, -0.2) is 8.78 Å². The highest BCUT2D eigenvalue weighted by molar-refractivity contribution is 7.20. The minimum Gasteiger partial charge on any atom is -0.493 e. The minimum absolute atomic E-state index is 0.0505. The molecule has 1 aliphatic rings. The van der Waals surface area contributed by atoms with Crippen molar-refractivity contribution in [2.75, 3.05) is 47.1 Å². The number of fused-ring (bicyclic) bond motifs is 2. The Bertz CT molecular complexity index is 2050. The number of methoxy groups -OCH3 is 2. The number of imide groups is 1. The third kappa shape index (κ3) is 11.9. The van der Waals surface area contributed by atoms with Crippen LogP contribution in [0.25, 0.3) is 10.1 Å². The second kappa shape index (κ2) is 21.8. The molecule has 1 aromatic heterocycles. The number of halogens is 2. The van der Waals surface area contributed by atoms with Gasteiger partial charge in [0.2, 0.25) is 24.1 Å². The van der Waals surface area contributed by atoms with Crippen LogP contribution in [-0.2, 0) is 46.6 Å². The van der Waals surface area contributed by atoms with Gasteiger partial charge in [-0.2, -0.15) is 0 Å². The number of thiophene rings is 1. The maximum absolute atomic E-state index is 15.8. The van der Waals surface area contributed by atoms with E-state index in [4.69, 9.17) is 28.8 Å². The number of amides is 4. The highest BCUT2D eigenvalue weighted by Gasteiger charge is 2.30. The molecule has 0 aliphatic carbocycles. The number of hydrogen-bond donors (Lipinski definition) is 2. The molecular formula is C40H47F2N3O13S. The standard InChI is InChI=1S/C40H47F2N3O13S/c1-5-23(6-2)40(53)45(22-46)21-32(48)43-12-15-56-35(52)11-8-27(47)31-17-25-30(59-31)18-29(55-4)39(36(25)41)58-14-7-13-57-38-28(54-3)16-24-19-44(20-26(24)37(38)42)33(49)9-10-34(50)51/h16-18,22-23H,5-15,19-21H2,1-4H3,(H,43,48)(H,50,51). The maximum Gasteiger partial charge on any atom is 0.306 e. The normalized spacial score (nSPS) is 11.9. The summed E-state index contributed by atoms with van der Waals surface area (Å²) in [5.74, 6) is -5.78. The molecule has 3 aromatic rings. The van der Waals surface area contributed by atoms with Gasteiger partial charge in [-0.3, -0.25) is 38.5 Å². The molecular weight excluding hydrogens is 801 g/mol. The summed E-state index contributed by atoms with van der Waals surface area (Å²) in [6, 6.07) is 4.44. The second-order valence-electron chi connectivity index (χ2n) is 13.4. The van der Waals surface area contributed by atoms with Gasteiger partial charge < -0.3 is 39.0 Å². The fraction of sp³-hybridized carbons (Fsp3) is 0.475. The molecule has 0 fully saturated rings. The molecule has 2 heterocycles. The second-order valence-corrected chi connectivity index (χ2v) is 14.5. The fourth-order valence-electron chi connectivity index (χ4n) is 6.24. The molecule has 0 unspecified atom stereocenters. The molecule has 4 amide bonds. The molecule has 19 heteroatoms. The number of rotatable bonds is 24. The molecule has 1 aliphatic heterocycles. The van der Waals surface area contributed by atoms with Gasteiger partial charge in [-0.05, 0) is 30.5 Å². The van der Waals surface area contributed by atoms with E-state index in [2.05, 4.69) is 5.32 Å². The van der Waals surface area contributed by atoms with Crippen LogP contribution in [0, 0.1) is 17.6 Å². The number of esters is 1. The lowest BCUT2D eigenvalue weighted by Gasteiger charge is -2.20. The largest absolute Gasteiger partial charge is 0.493 e. The van der Waals surface area contributed by atoms with Crippen LogP contribution in [0.5, 0.6) is 23.0 Å². The van der Waals surface area contributed by atoms with E-state index in [0.717, 1.165) is 16.2 Å². The van der Waals surface area contributed by atoms with Crippen LogP contribution in [0.3, 0.4) is 0 Å². The molecule has 0 saturated carbocycles. The first-order valence-electron chi connectivity index (χ1n) is 18.9. The molecule has 2 aromatic carbocycles. The van der Waals surface area contributed by atoms with E-state index in [1.54, 1.807) is 6.07 Å². The van der Waals surface area contributed by atoms with E-state index in [1.807, 2.05) is 13.8 Å². The average molecular weight is 848 g/mol. The smallest absolute Gasteiger partial charge is 0.306 e. The molecule has 0 spiro atoms. The van der Waals surface area contributed by atoms with E-state index in [0.29, 0.717) is 29.5 Å². The van der Waals surface area contributed by atoms with E-state index in [1.165, 1.54) is 31.3 Å². The van der Waals surface area contributed by atoms with Crippen LogP contribution in [0.15, 0.2) is 18.2 Å². The van der Waals surface area contributed by atoms with Crippen LogP contribution >= 0.6 is 11.3 Å². The number of benzene rings is 2. The molecule has 4 rings (SSSR count). The number of carboxylic acid groups (broad SMARTS) is 1. The minimum atomic E-state index is -1.11. The van der Waals surface area contributed by atoms with Crippen molar-refractivity contribution in [1.29, 1.82) is 0 Å². The lowest BCUT2D eigenvalue weighted by molar-refractivity contribution is -0.145. The summed E-state index contributed by atoms with van der Waals surface area (Å²) in [6.45, 7) is 2.79. The SMILES string of the molecule is CCC(CC)C(=O)N(C=O)CC(=O)NCCOC(=O)CCC(=O)c1cc2c(F)c(OCCCOc3c(OC)cc4c(c3F)CN(C(=O)CCC(=O)O)C4)c(OC)cc2s1. The summed E-state index contributed by atoms with van der Waals surface area (Å²) in [4.78, 5) is 86.8. The van der Waals surface area contributed by atoms with Crippen molar-refractivity contribution in [3.63, 3.8) is 0 Å². The van der Waals surface area contributed by atoms with Crippen molar-refractivity contribution in [3.05, 3.63) is 45.8 Å². The molecule has 0 radical (unpaired) electrons. The van der Waals surface area contributed by atoms with Crippen LogP contribution < -0.4 is 24.3 Å². The summed E-state index contributed by atoms with van der Waals surface area (Å²) >= 11 is 1.00. The number of nitrogens with one attached hydrogen (secondary N) is 1. The summed E-state index contributed by atoms with van der Waals surface area (Å²) in [7, 11) is 2.67. The van der Waals surface area contributed by atoms with E-state index >= 15 is 8.78 Å². The van der Waals surface area contributed by atoms with E-state index in [-0.39, 0.29) is 116 Å². The predicted molar refractivity (Wildman–Crippen MR) is 207 cm³/mol. The molecule has 0 saturated heterocycles. The number of aliphatic carboxylic acids is 1. The molecule has 2 N–H and O–H groups in total. The fourth-order valence-corrected chi connectivity index (χ4v) is 7.30. The third-order valence-corrected chi connectivity index (χ3v) is 10.6. The lowest BCUT2D eigenvalue weighted by Crippen LogP contribution is -2.43. The number of carboxylic acids is 1. The van der Waals surface area contributed by atoms with Gasteiger partial charge in [0.05, 0.1) is 51.7 Å². The Morgan fingerprint density at radius 2 is 1.56 bits per heavy atom. The van der Waals surface area contributed by atoms with E-state index in [9.17, 15) is 33.6 Å². The zero-order valence-corrected chi connectivity index (χ0v) is 34.0. The molecule has 320 valence electrons. The first-order chi connectivity index (χ1) is 28.3. The highest BCUT2D eigenvalue weighted by Crippen LogP contribution is 2.41. The summed E-state index contributed by atoms with van der Waals surface area (Å²) < 4.78 is 58.9. The average Bonchev–Trinajstić information content (AvgIpc) is 3.86. The van der Waals surface area contributed by atoms with Gasteiger partial charge in [0.1, 0.15) is 13.2 Å². The van der Waals surface area contributed by atoms with Crippen LogP contribution in [0.2, 0.25) is 0 Å². The zero-order valence-electron chi connectivity index (χ0n) is 33.2. The topological polar surface area (TPSA) is 204 Å². The first-order valence-corrected chi connectivity index (χ1v) is 19.7. The van der Waals surface area contributed by atoms with Gasteiger partial charge >= 0.3 is 11.9 Å². The number of nitrogens with zero attached hydrogens (tertiary/aromatic N) is 2. The van der Waals surface area contributed by atoms with Gasteiger partial charge in [0.25, 0.3) is 0 Å². The Morgan fingerprint density at radius 1 is 0.898 bits per heavy atom. The van der Waals surface area contributed by atoms with Gasteiger partial charge in [0.15, 0.2) is 40.4 Å². The number of ether oxygens (including phenoxy) is 5. The van der Waals surface area contributed by atoms with Gasteiger partial charge in [0, 0.05) is 60.0 Å². The Kier molecular flexibility index (Phi) is 16.9. The van der Waals surface area contributed by atoms with Crippen molar-refractivity contribution in [2.45, 2.75) is 71.9 Å². The van der Waals surface area contributed by atoms with Crippen LogP contribution in [0.4, 0.5) is 8.78 Å². The number of carbonyl (C=O) groups is 7. The van der Waals surface area contributed by atoms with Crippen LogP contribution in [0.1, 0.15) is 79.6 Å². The first kappa shape index (κ1) is 45.8. The highest BCUT2D eigenvalue weighted by atomic mass is 32.1. The third-order valence-electron chi connectivity index (χ3n) is 9.48. The summed E-state index contributed by atoms with van der Waals surface area (Å²) in [6.07, 6.45) is 0.481. The van der Waals surface area contributed by atoms with Gasteiger partial charge in [-0.1, -0.05) is 13.8 Å². The molecule has 59 heavy (non-hydrogen) atoms. The Balaban J connectivity index is 1.25. The lowest BCUT2D eigenvalue weighted by atomic mass is 10.0. The quantitative estimate of drug-likeness (QED) is 0.0539. The van der Waals surface area contributed by atoms with Crippen molar-refractivity contribution in [3.8, 4) is 23.0 Å². The monoisotopic (exact) mass is 847 g/mol. The Morgan fingerprint density at radius 3 is 2.19 bits per heavy atom. The Hall–Kier alpha value is -5.85. The summed E-state index contributed by atoms with van der Waals surface area (Å²) in [5.41, 5.74) is 0.753. The predicted octanol–water partition coefficient (Wildman–Crippen LogP) is 4.80.